The summed E-state index contributed by atoms with van der Waals surface area (Å²) in [5.74, 6) is -1.12. The molecule has 0 saturated carbocycles. The van der Waals surface area contributed by atoms with E-state index in [-0.39, 0.29) is 34.4 Å². The number of anilines is 1. The summed E-state index contributed by atoms with van der Waals surface area (Å²) in [6.45, 7) is 10.8. The lowest BCUT2D eigenvalue weighted by Crippen LogP contribution is -2.32. The number of fused-ring (bicyclic) bond motifs is 1. The lowest BCUT2D eigenvalue weighted by Gasteiger charge is -2.25. The second kappa shape index (κ2) is 18.8. The summed E-state index contributed by atoms with van der Waals surface area (Å²) >= 11 is 0. The Morgan fingerprint density at radius 2 is 1.09 bits per heavy atom. The van der Waals surface area contributed by atoms with Crippen LogP contribution in [0.4, 0.5) is 5.69 Å². The van der Waals surface area contributed by atoms with Gasteiger partial charge in [0.25, 0.3) is 11.8 Å². The minimum absolute atomic E-state index is 0.122. The molecule has 0 spiro atoms. The molecule has 3 rings (SSSR count). The minimum Gasteiger partial charge on any atom is -0.462 e. The van der Waals surface area contributed by atoms with Gasteiger partial charge in [0, 0.05) is 0 Å². The lowest BCUT2D eigenvalue weighted by molar-refractivity contribution is 0.0494. The van der Waals surface area contributed by atoms with Gasteiger partial charge in [0.15, 0.2) is 0 Å². The summed E-state index contributed by atoms with van der Waals surface area (Å²) in [4.78, 5) is 41.8. The zero-order valence-corrected chi connectivity index (χ0v) is 28.2. The molecule has 44 heavy (non-hydrogen) atoms. The highest BCUT2D eigenvalue weighted by molar-refractivity contribution is 6.36. The second-order valence-electron chi connectivity index (χ2n) is 13.2. The van der Waals surface area contributed by atoms with E-state index in [2.05, 4.69) is 34.6 Å². The van der Waals surface area contributed by atoms with Gasteiger partial charge in [0.2, 0.25) is 0 Å². The van der Waals surface area contributed by atoms with Crippen molar-refractivity contribution in [2.45, 2.75) is 149 Å². The number of hydrogen-bond donors (Lipinski definition) is 0. The molecule has 5 heteroatoms. The van der Waals surface area contributed by atoms with Crippen LogP contribution < -0.4 is 4.90 Å². The molecule has 0 aromatic heterocycles. The largest absolute Gasteiger partial charge is 0.462 e. The molecule has 0 N–H and O–H groups in total. The third-order valence-corrected chi connectivity index (χ3v) is 8.93. The highest BCUT2D eigenvalue weighted by Gasteiger charge is 2.42. The van der Waals surface area contributed by atoms with Gasteiger partial charge in [-0.2, -0.15) is 0 Å². The van der Waals surface area contributed by atoms with Crippen LogP contribution in [0.3, 0.4) is 0 Å². The first-order chi connectivity index (χ1) is 21.3. The maximum atomic E-state index is 13.8. The van der Waals surface area contributed by atoms with Gasteiger partial charge in [-0.05, 0) is 41.5 Å². The van der Waals surface area contributed by atoms with Crippen molar-refractivity contribution >= 4 is 23.5 Å². The fourth-order valence-corrected chi connectivity index (χ4v) is 6.32. The van der Waals surface area contributed by atoms with E-state index in [1.807, 2.05) is 18.2 Å². The van der Waals surface area contributed by atoms with Crippen molar-refractivity contribution in [2.24, 2.45) is 0 Å². The maximum Gasteiger partial charge on any atom is 0.338 e. The number of nitrogens with zero attached hydrogens (tertiary/aromatic N) is 1. The van der Waals surface area contributed by atoms with Gasteiger partial charge in [0.05, 0.1) is 29.0 Å². The molecule has 2 amide bonds. The third kappa shape index (κ3) is 9.78. The second-order valence-corrected chi connectivity index (χ2v) is 13.2. The molecule has 2 aromatic carbocycles. The Balaban J connectivity index is 1.42. The van der Waals surface area contributed by atoms with Crippen molar-refractivity contribution < 1.29 is 19.1 Å². The summed E-state index contributed by atoms with van der Waals surface area (Å²) in [6, 6.07) is 10.8. The van der Waals surface area contributed by atoms with Crippen LogP contribution in [0.15, 0.2) is 36.4 Å². The molecule has 242 valence electrons. The maximum absolute atomic E-state index is 13.8. The van der Waals surface area contributed by atoms with Crippen LogP contribution in [0, 0.1) is 0 Å². The van der Waals surface area contributed by atoms with Crippen LogP contribution in [0.1, 0.15) is 191 Å². The number of amides is 2. The van der Waals surface area contributed by atoms with Crippen LogP contribution in [-0.4, -0.2) is 24.4 Å². The Hall–Kier alpha value is -2.95. The monoisotopic (exact) mass is 603 g/mol. The van der Waals surface area contributed by atoms with Crippen LogP contribution >= 0.6 is 0 Å². The zero-order valence-electron chi connectivity index (χ0n) is 28.2. The summed E-state index contributed by atoms with van der Waals surface area (Å²) < 4.78 is 5.60. The number of carbonyl (C=O) groups excluding carboxylic acids is 3. The van der Waals surface area contributed by atoms with E-state index in [0.717, 1.165) is 30.4 Å². The Labute approximate surface area is 267 Å². The fraction of sp³-hybridized carbons (Fsp3) is 0.615. The van der Waals surface area contributed by atoms with Gasteiger partial charge < -0.3 is 4.74 Å². The van der Waals surface area contributed by atoms with Crippen molar-refractivity contribution in [3.8, 4) is 0 Å². The summed E-state index contributed by atoms with van der Waals surface area (Å²) in [7, 11) is 0. The van der Waals surface area contributed by atoms with E-state index in [0.29, 0.717) is 12.3 Å². The molecule has 0 radical (unpaired) electrons. The topological polar surface area (TPSA) is 63.7 Å². The number of rotatable bonds is 21. The molecule has 0 aliphatic carbocycles. The van der Waals surface area contributed by atoms with Crippen LogP contribution in [0.2, 0.25) is 0 Å². The lowest BCUT2D eigenvalue weighted by atomic mass is 9.92. The fourth-order valence-electron chi connectivity index (χ4n) is 6.32. The molecule has 0 saturated heterocycles. The van der Waals surface area contributed by atoms with Gasteiger partial charge >= 0.3 is 5.97 Å². The molecule has 0 atom stereocenters. The Bertz CT molecular complexity index is 1190. The van der Waals surface area contributed by atoms with Gasteiger partial charge in [-0.15, -0.1) is 0 Å². The first kappa shape index (κ1) is 35.5. The predicted molar refractivity (Wildman–Crippen MR) is 182 cm³/mol. The number of para-hydroxylation sites is 1. The smallest absolute Gasteiger partial charge is 0.338 e. The van der Waals surface area contributed by atoms with Crippen molar-refractivity contribution in [1.82, 2.24) is 0 Å². The number of benzene rings is 2. The highest BCUT2D eigenvalue weighted by Crippen LogP contribution is 2.40. The summed E-state index contributed by atoms with van der Waals surface area (Å²) in [6.07, 6.45) is 20.6. The number of esters is 1. The highest BCUT2D eigenvalue weighted by atomic mass is 16.5. The van der Waals surface area contributed by atoms with Crippen molar-refractivity contribution in [3.63, 3.8) is 0 Å². The van der Waals surface area contributed by atoms with E-state index in [1.54, 1.807) is 18.2 Å². The molecule has 1 heterocycles. The quantitative estimate of drug-likeness (QED) is 0.0809. The van der Waals surface area contributed by atoms with Crippen molar-refractivity contribution in [3.05, 3.63) is 64.2 Å². The van der Waals surface area contributed by atoms with E-state index in [9.17, 15) is 14.4 Å². The average molecular weight is 604 g/mol. The van der Waals surface area contributed by atoms with Crippen molar-refractivity contribution in [2.75, 3.05) is 11.5 Å². The molecule has 2 aromatic rings. The van der Waals surface area contributed by atoms with E-state index < -0.39 is 11.9 Å². The van der Waals surface area contributed by atoms with E-state index in [1.165, 1.54) is 88.4 Å². The first-order valence-electron chi connectivity index (χ1n) is 17.6. The summed E-state index contributed by atoms with van der Waals surface area (Å²) in [5, 5.41) is 0. The SMILES string of the molecule is CCCCCCCCCCCCCCCCCCOC(=O)c1cccc2c1C(=O)N(c1c(C(C)C)cccc1C(C)C)C2=O. The standard InChI is InChI=1S/C39H57NO4/c1-6-7-8-9-10-11-12-13-14-15-16-17-18-19-20-21-28-44-39(43)34-27-23-26-33-35(34)38(42)40(37(33)41)36-31(29(2)3)24-22-25-32(36)30(4)5/h22-27,29-30H,6-21,28H2,1-5H3. The Morgan fingerprint density at radius 1 is 0.636 bits per heavy atom. The number of hydrogen-bond acceptors (Lipinski definition) is 4. The van der Waals surface area contributed by atoms with Crippen LogP contribution in [0.5, 0.6) is 0 Å². The average Bonchev–Trinajstić information content (AvgIpc) is 3.27. The number of unbranched alkanes of at least 4 members (excludes halogenated alkanes) is 15. The van der Waals surface area contributed by atoms with Gasteiger partial charge in [-0.25, -0.2) is 9.69 Å². The number of carbonyl (C=O) groups is 3. The molecular weight excluding hydrogens is 546 g/mol. The first-order valence-corrected chi connectivity index (χ1v) is 17.6. The van der Waals surface area contributed by atoms with E-state index >= 15 is 0 Å². The molecule has 5 nitrogen and oxygen atoms in total. The normalized spacial score (nSPS) is 12.9. The van der Waals surface area contributed by atoms with Crippen LogP contribution in [-0.2, 0) is 4.74 Å². The van der Waals surface area contributed by atoms with Crippen molar-refractivity contribution in [1.29, 1.82) is 0 Å². The number of ether oxygens (including phenoxy) is 1. The Morgan fingerprint density at radius 3 is 1.57 bits per heavy atom. The summed E-state index contributed by atoms with van der Waals surface area (Å²) in [5.41, 5.74) is 3.13. The molecule has 1 aliphatic rings. The van der Waals surface area contributed by atoms with Crippen LogP contribution in [0.25, 0.3) is 0 Å². The third-order valence-electron chi connectivity index (χ3n) is 8.93. The molecule has 1 aliphatic heterocycles. The zero-order chi connectivity index (χ0) is 31.9. The van der Waals surface area contributed by atoms with Gasteiger partial charge in [-0.1, -0.05) is 155 Å². The minimum atomic E-state index is -0.535. The predicted octanol–water partition coefficient (Wildman–Crippen LogP) is 11.2. The number of imide groups is 1. The molecule has 0 fully saturated rings. The van der Waals surface area contributed by atoms with Gasteiger partial charge in [0.1, 0.15) is 0 Å². The Kier molecular flexibility index (Phi) is 15.2. The van der Waals surface area contributed by atoms with Gasteiger partial charge in [-0.3, -0.25) is 9.59 Å². The molecule has 0 unspecified atom stereocenters. The molecule has 0 bridgehead atoms. The van der Waals surface area contributed by atoms with E-state index in [4.69, 9.17) is 4.74 Å². The molecular formula is C39H57NO4.